The first kappa shape index (κ1) is 32.4. The van der Waals surface area contributed by atoms with Gasteiger partial charge in [-0.25, -0.2) is 4.79 Å². The summed E-state index contributed by atoms with van der Waals surface area (Å²) in [7, 11) is -6.61. The Morgan fingerprint density at radius 1 is 1.09 bits per heavy atom. The summed E-state index contributed by atoms with van der Waals surface area (Å²) in [6, 6.07) is 11.0. The van der Waals surface area contributed by atoms with E-state index in [1.165, 1.54) is 41.3 Å². The van der Waals surface area contributed by atoms with Gasteiger partial charge in [0.2, 0.25) is 5.91 Å². The number of amides is 1. The smallest absolute Gasteiger partial charge is 0.359 e. The number of hydrogen-bond donors (Lipinski definition) is 0. The van der Waals surface area contributed by atoms with E-state index in [1.807, 2.05) is 13.8 Å². The summed E-state index contributed by atoms with van der Waals surface area (Å²) in [6.45, 7) is 15.6. The number of nitro benzene ring substituents is 1. The van der Waals surface area contributed by atoms with Crippen LogP contribution in [-0.4, -0.2) is 50.6 Å². The highest BCUT2D eigenvalue weighted by molar-refractivity contribution is 7.86. The van der Waals surface area contributed by atoms with E-state index in [4.69, 9.17) is 13.3 Å². The first-order valence-electron chi connectivity index (χ1n) is 14.0. The van der Waals surface area contributed by atoms with E-state index in [-0.39, 0.29) is 39.6 Å². The van der Waals surface area contributed by atoms with Crippen molar-refractivity contribution in [3.63, 3.8) is 0 Å². The van der Waals surface area contributed by atoms with Crippen molar-refractivity contribution >= 4 is 36.0 Å². The summed E-state index contributed by atoms with van der Waals surface area (Å²) in [5, 5.41) is 10.9. The van der Waals surface area contributed by atoms with E-state index in [1.54, 1.807) is 19.1 Å². The molecule has 2 heterocycles. The van der Waals surface area contributed by atoms with Crippen LogP contribution in [0.4, 0.5) is 5.69 Å². The minimum Gasteiger partial charge on any atom is -0.456 e. The Kier molecular flexibility index (Phi) is 8.66. The molecule has 0 bridgehead atoms. The molecule has 0 aliphatic carbocycles. The number of nitrogens with zero attached hydrogens (tertiary/aromatic N) is 2. The van der Waals surface area contributed by atoms with Crippen LogP contribution in [0.3, 0.4) is 0 Å². The molecule has 1 amide bonds. The Morgan fingerprint density at radius 2 is 1.67 bits per heavy atom. The standard InChI is InChI=1S/C30H38N2O9SSi/c1-18-9-15-23(16-10-18)42(37,38)40-27-19(2)25-24(20(3)41-43(7,8)30(4,5)6)28(33)31(25)26(27)29(34)39-17-21-11-13-22(14-12-21)32(35)36/h9-16,19-20,24-25H,17H2,1-8H3/t19-,20-,24-,25-/m1/s1. The molecule has 1 saturated heterocycles. The third kappa shape index (κ3) is 6.24. The van der Waals surface area contributed by atoms with E-state index < -0.39 is 53.3 Å². The third-order valence-electron chi connectivity index (χ3n) is 8.60. The molecule has 1 fully saturated rings. The van der Waals surface area contributed by atoms with Gasteiger partial charge in [-0.15, -0.1) is 0 Å². The number of benzene rings is 2. The van der Waals surface area contributed by atoms with E-state index in [0.717, 1.165) is 5.56 Å². The number of fused-ring (bicyclic) bond motifs is 1. The summed E-state index contributed by atoms with van der Waals surface area (Å²) in [5.74, 6) is -2.77. The van der Waals surface area contributed by atoms with Crippen molar-refractivity contribution in [1.82, 2.24) is 4.90 Å². The van der Waals surface area contributed by atoms with Crippen LogP contribution in [-0.2, 0) is 39.7 Å². The zero-order chi connectivity index (χ0) is 32.1. The second-order valence-corrected chi connectivity index (χ2v) is 19.0. The van der Waals surface area contributed by atoms with Crippen molar-refractivity contribution in [2.24, 2.45) is 11.8 Å². The Morgan fingerprint density at radius 3 is 2.21 bits per heavy atom. The van der Waals surface area contributed by atoms with Crippen molar-refractivity contribution in [3.05, 3.63) is 81.2 Å². The molecule has 0 unspecified atom stereocenters. The van der Waals surface area contributed by atoms with Gasteiger partial charge >= 0.3 is 16.1 Å². The molecular weight excluding hydrogens is 592 g/mol. The lowest BCUT2D eigenvalue weighted by Gasteiger charge is -2.49. The summed E-state index contributed by atoms with van der Waals surface area (Å²) < 4.78 is 44.3. The van der Waals surface area contributed by atoms with Crippen molar-refractivity contribution in [2.45, 2.75) is 83.3 Å². The number of aryl methyl sites for hydroxylation is 1. The molecule has 2 aliphatic rings. The maximum atomic E-state index is 13.6. The van der Waals surface area contributed by atoms with Crippen molar-refractivity contribution < 1.29 is 36.3 Å². The fourth-order valence-corrected chi connectivity index (χ4v) is 7.59. The molecule has 4 atom stereocenters. The number of esters is 1. The quantitative estimate of drug-likeness (QED) is 0.0836. The summed E-state index contributed by atoms with van der Waals surface area (Å²) >= 11 is 0. The van der Waals surface area contributed by atoms with Gasteiger partial charge in [0.1, 0.15) is 11.5 Å². The molecule has 13 heteroatoms. The molecule has 0 N–H and O–H groups in total. The van der Waals surface area contributed by atoms with E-state index in [9.17, 15) is 28.1 Å². The minimum atomic E-state index is -4.35. The van der Waals surface area contributed by atoms with E-state index in [2.05, 4.69) is 33.9 Å². The summed E-state index contributed by atoms with van der Waals surface area (Å²) in [4.78, 5) is 38.7. The molecule has 0 spiro atoms. The highest BCUT2D eigenvalue weighted by atomic mass is 32.2. The van der Waals surface area contributed by atoms with Gasteiger partial charge < -0.3 is 13.3 Å². The SMILES string of the molecule is Cc1ccc(S(=O)(=O)OC2=C(C(=O)OCc3ccc([N+](=O)[O-])cc3)N3C(=O)[C@H]([C@@H](C)O[Si](C)(C)C(C)(C)C)[C@H]3[C@H]2C)cc1. The van der Waals surface area contributed by atoms with E-state index >= 15 is 0 Å². The topological polar surface area (TPSA) is 142 Å². The van der Waals surface area contributed by atoms with Gasteiger partial charge in [0.25, 0.3) is 5.69 Å². The highest BCUT2D eigenvalue weighted by Gasteiger charge is 2.62. The average Bonchev–Trinajstić information content (AvgIpc) is 3.14. The fraction of sp³-hybridized carbons (Fsp3) is 0.467. The van der Waals surface area contributed by atoms with Crippen molar-refractivity contribution in [2.75, 3.05) is 0 Å². The molecular formula is C30H38N2O9SSi. The number of non-ortho nitro benzene ring substituents is 1. The van der Waals surface area contributed by atoms with Crippen LogP contribution in [0.1, 0.15) is 45.7 Å². The number of carbonyl (C=O) groups excluding carboxylic acids is 2. The molecule has 11 nitrogen and oxygen atoms in total. The lowest BCUT2D eigenvalue weighted by molar-refractivity contribution is -0.384. The second kappa shape index (κ2) is 11.5. The first-order chi connectivity index (χ1) is 19.9. The van der Waals surface area contributed by atoms with Gasteiger partial charge in [-0.1, -0.05) is 45.4 Å². The van der Waals surface area contributed by atoms with Gasteiger partial charge in [-0.05, 0) is 61.8 Å². The lowest BCUT2D eigenvalue weighted by atomic mass is 9.79. The van der Waals surface area contributed by atoms with Gasteiger partial charge in [-0.2, -0.15) is 8.42 Å². The average molecular weight is 631 g/mol. The van der Waals surface area contributed by atoms with Crippen LogP contribution in [0, 0.1) is 28.9 Å². The molecule has 2 aromatic carbocycles. The highest BCUT2D eigenvalue weighted by Crippen LogP contribution is 2.50. The van der Waals surface area contributed by atoms with Crippen LogP contribution in [0.15, 0.2) is 64.9 Å². The molecule has 4 rings (SSSR count). The normalized spacial score (nSPS) is 21.3. The summed E-state index contributed by atoms with van der Waals surface area (Å²) in [5.41, 5.74) is 0.946. The second-order valence-electron chi connectivity index (χ2n) is 12.7. The van der Waals surface area contributed by atoms with Crippen LogP contribution in [0.25, 0.3) is 0 Å². The Hall–Kier alpha value is -3.55. The fourth-order valence-electron chi connectivity index (χ4n) is 5.13. The van der Waals surface area contributed by atoms with Gasteiger partial charge in [0, 0.05) is 18.1 Å². The predicted octanol–water partition coefficient (Wildman–Crippen LogP) is 5.45. The Balaban J connectivity index is 1.65. The molecule has 0 radical (unpaired) electrons. The maximum Gasteiger partial charge on any atom is 0.359 e. The lowest BCUT2D eigenvalue weighted by Crippen LogP contribution is -2.65. The van der Waals surface area contributed by atoms with Crippen LogP contribution in [0.5, 0.6) is 0 Å². The van der Waals surface area contributed by atoms with Crippen molar-refractivity contribution in [1.29, 1.82) is 0 Å². The number of hydrogen-bond acceptors (Lipinski definition) is 9. The molecule has 0 saturated carbocycles. The predicted molar refractivity (Wildman–Crippen MR) is 160 cm³/mol. The first-order valence-corrected chi connectivity index (χ1v) is 18.3. The molecule has 0 aromatic heterocycles. The number of nitro groups is 1. The number of rotatable bonds is 10. The molecule has 43 heavy (non-hydrogen) atoms. The van der Waals surface area contributed by atoms with Gasteiger partial charge in [0.05, 0.1) is 23.0 Å². The zero-order valence-corrected chi connectivity index (χ0v) is 27.4. The maximum absolute atomic E-state index is 13.6. The molecule has 2 aromatic rings. The Bertz CT molecular complexity index is 1560. The van der Waals surface area contributed by atoms with Crippen LogP contribution >= 0.6 is 0 Å². The zero-order valence-electron chi connectivity index (χ0n) is 25.6. The van der Waals surface area contributed by atoms with E-state index in [0.29, 0.717) is 5.56 Å². The minimum absolute atomic E-state index is 0.0943. The van der Waals surface area contributed by atoms with Gasteiger partial charge in [0.15, 0.2) is 19.8 Å². The number of β-lactam (4-membered cyclic amide) rings is 1. The number of carbonyl (C=O) groups is 2. The van der Waals surface area contributed by atoms with Crippen LogP contribution < -0.4 is 0 Å². The largest absolute Gasteiger partial charge is 0.456 e. The van der Waals surface area contributed by atoms with Crippen LogP contribution in [0.2, 0.25) is 18.1 Å². The van der Waals surface area contributed by atoms with Gasteiger partial charge in [-0.3, -0.25) is 19.8 Å². The van der Waals surface area contributed by atoms with Crippen molar-refractivity contribution in [3.8, 4) is 0 Å². The molecule has 232 valence electrons. The Labute approximate surface area is 253 Å². The number of ether oxygens (including phenoxy) is 1. The monoisotopic (exact) mass is 630 g/mol. The molecule has 2 aliphatic heterocycles. The third-order valence-corrected chi connectivity index (χ3v) is 14.4. The summed E-state index contributed by atoms with van der Waals surface area (Å²) in [6.07, 6.45) is -0.484.